The van der Waals surface area contributed by atoms with Gasteiger partial charge in [0.1, 0.15) is 5.75 Å². The average Bonchev–Trinajstić information content (AvgIpc) is 3.39. The number of aryl methyl sites for hydroxylation is 1. The highest BCUT2D eigenvalue weighted by Crippen LogP contribution is 2.34. The Morgan fingerprint density at radius 3 is 2.59 bits per heavy atom. The van der Waals surface area contributed by atoms with Crippen molar-refractivity contribution in [2.75, 3.05) is 12.9 Å². The van der Waals surface area contributed by atoms with Crippen molar-refractivity contribution in [3.63, 3.8) is 0 Å². The summed E-state index contributed by atoms with van der Waals surface area (Å²) in [5.74, 6) is 0.885. The van der Waals surface area contributed by atoms with Crippen LogP contribution in [0.15, 0.2) is 64.9 Å². The van der Waals surface area contributed by atoms with Crippen LogP contribution in [0.3, 0.4) is 0 Å². The number of ether oxygens (including phenoxy) is 1. The van der Waals surface area contributed by atoms with Crippen molar-refractivity contribution < 1.29 is 9.53 Å². The molecule has 0 unspecified atom stereocenters. The number of nitrogens with zero attached hydrogens (tertiary/aromatic N) is 6. The van der Waals surface area contributed by atoms with Crippen molar-refractivity contribution in [3.8, 4) is 5.75 Å². The number of rotatable bonds is 6. The normalized spacial score (nSPS) is 16.0. The minimum Gasteiger partial charge on any atom is -0.497 e. The highest BCUT2D eigenvalue weighted by Gasteiger charge is 2.33. The third-order valence-corrected chi connectivity index (χ3v) is 5.67. The maximum absolute atomic E-state index is 13.0. The highest BCUT2D eigenvalue weighted by atomic mass is 32.2. The maximum atomic E-state index is 13.0. The van der Waals surface area contributed by atoms with Crippen LogP contribution in [0.2, 0.25) is 0 Å². The van der Waals surface area contributed by atoms with E-state index in [4.69, 9.17) is 4.74 Å². The van der Waals surface area contributed by atoms with Crippen molar-refractivity contribution >= 4 is 23.4 Å². The number of carbonyl (C=O) groups excluding carboxylic acids is 1. The fourth-order valence-electron chi connectivity index (χ4n) is 3.17. The predicted molar refractivity (Wildman–Crippen MR) is 110 cm³/mol. The summed E-state index contributed by atoms with van der Waals surface area (Å²) in [4.78, 5) is 13.0. The monoisotopic (exact) mass is 408 g/mol. The van der Waals surface area contributed by atoms with E-state index in [1.54, 1.807) is 23.8 Å². The Hall–Kier alpha value is -3.20. The van der Waals surface area contributed by atoms with Gasteiger partial charge in [-0.1, -0.05) is 54.2 Å². The molecule has 9 heteroatoms. The molecule has 0 aliphatic carbocycles. The van der Waals surface area contributed by atoms with Crippen molar-refractivity contribution in [3.05, 3.63) is 65.7 Å². The number of aromatic nitrogens is 4. The molecule has 29 heavy (non-hydrogen) atoms. The zero-order valence-corrected chi connectivity index (χ0v) is 16.9. The molecule has 8 nitrogen and oxygen atoms in total. The molecule has 1 aliphatic heterocycles. The number of carbonyl (C=O) groups is 1. The van der Waals surface area contributed by atoms with Gasteiger partial charge in [-0.05, 0) is 33.7 Å². The van der Waals surface area contributed by atoms with Gasteiger partial charge in [0.05, 0.1) is 24.6 Å². The first-order chi connectivity index (χ1) is 14.2. The molecular weight excluding hydrogens is 388 g/mol. The van der Waals surface area contributed by atoms with Crippen LogP contribution in [-0.4, -0.2) is 49.7 Å². The Kier molecular flexibility index (Phi) is 5.57. The Bertz CT molecular complexity index is 1020. The highest BCUT2D eigenvalue weighted by molar-refractivity contribution is 7.99. The first-order valence-corrected chi connectivity index (χ1v) is 10.1. The lowest BCUT2D eigenvalue weighted by molar-refractivity contribution is -0.130. The molecule has 0 radical (unpaired) electrons. The van der Waals surface area contributed by atoms with Crippen LogP contribution in [0.1, 0.15) is 23.6 Å². The second-order valence-electron chi connectivity index (χ2n) is 6.52. The number of benzene rings is 2. The Morgan fingerprint density at radius 1 is 1.17 bits per heavy atom. The standard InChI is InChI=1S/C20H20N6O2S/c1-25-20(21-23-24-25)29-13-19(27)26-18(15-8-10-16(28-2)11-9-15)12-17(22-26)14-6-4-3-5-7-14/h3-11,18H,12-13H2,1-2H3/t18-/m1/s1. The van der Waals surface area contributed by atoms with E-state index in [1.165, 1.54) is 11.8 Å². The number of tetrazole rings is 1. The van der Waals surface area contributed by atoms with E-state index < -0.39 is 0 Å². The SMILES string of the molecule is COc1ccc([C@H]2CC(c3ccccc3)=NN2C(=O)CSc2nnnn2C)cc1. The van der Waals surface area contributed by atoms with Gasteiger partial charge in [0, 0.05) is 13.5 Å². The van der Waals surface area contributed by atoms with Crippen LogP contribution in [0.4, 0.5) is 0 Å². The third kappa shape index (κ3) is 4.14. The van der Waals surface area contributed by atoms with Gasteiger partial charge < -0.3 is 4.74 Å². The molecule has 148 valence electrons. The number of hydrogen-bond donors (Lipinski definition) is 0. The summed E-state index contributed by atoms with van der Waals surface area (Å²) in [7, 11) is 3.38. The van der Waals surface area contributed by atoms with Crippen LogP contribution in [-0.2, 0) is 11.8 Å². The summed E-state index contributed by atoms with van der Waals surface area (Å²) in [6, 6.07) is 17.5. The van der Waals surface area contributed by atoms with Crippen LogP contribution in [0, 0.1) is 0 Å². The lowest BCUT2D eigenvalue weighted by atomic mass is 9.98. The number of thioether (sulfide) groups is 1. The molecule has 0 saturated heterocycles. The van der Waals surface area contributed by atoms with Crippen LogP contribution >= 0.6 is 11.8 Å². The lowest BCUT2D eigenvalue weighted by Gasteiger charge is -2.22. The van der Waals surface area contributed by atoms with Crippen LogP contribution in [0.25, 0.3) is 0 Å². The fraction of sp³-hybridized carbons (Fsp3) is 0.250. The minimum atomic E-state index is -0.165. The zero-order chi connectivity index (χ0) is 20.2. The van der Waals surface area contributed by atoms with Gasteiger partial charge in [-0.2, -0.15) is 5.10 Å². The molecular formula is C20H20N6O2S. The minimum absolute atomic E-state index is 0.0928. The second kappa shape index (κ2) is 8.44. The number of methoxy groups -OCH3 is 1. The first-order valence-electron chi connectivity index (χ1n) is 9.10. The molecule has 1 aromatic heterocycles. The molecule has 2 heterocycles. The average molecular weight is 408 g/mol. The quantitative estimate of drug-likeness (QED) is 0.583. The molecule has 0 bridgehead atoms. The van der Waals surface area contributed by atoms with Crippen molar-refractivity contribution in [1.29, 1.82) is 0 Å². The molecule has 0 saturated carbocycles. The van der Waals surface area contributed by atoms with Crippen LogP contribution in [0.5, 0.6) is 5.75 Å². The van der Waals surface area contributed by atoms with Crippen molar-refractivity contribution in [2.24, 2.45) is 12.1 Å². The van der Waals surface area contributed by atoms with Gasteiger partial charge in [-0.25, -0.2) is 9.69 Å². The summed E-state index contributed by atoms with van der Waals surface area (Å²) in [6.45, 7) is 0. The van der Waals surface area contributed by atoms with Crippen molar-refractivity contribution in [1.82, 2.24) is 25.2 Å². The molecule has 0 fully saturated rings. The van der Waals surface area contributed by atoms with Gasteiger partial charge in [-0.15, -0.1) is 5.10 Å². The summed E-state index contributed by atoms with van der Waals surface area (Å²) in [5, 5.41) is 18.2. The number of hydrazone groups is 1. The predicted octanol–water partition coefficient (Wildman–Crippen LogP) is 2.69. The number of hydrogen-bond acceptors (Lipinski definition) is 7. The summed E-state index contributed by atoms with van der Waals surface area (Å²) in [6.07, 6.45) is 0.651. The molecule has 1 aliphatic rings. The fourth-order valence-corrected chi connectivity index (χ4v) is 3.87. The Labute approximate surface area is 172 Å². The molecule has 0 N–H and O–H groups in total. The molecule has 0 spiro atoms. The molecule has 2 aromatic carbocycles. The second-order valence-corrected chi connectivity index (χ2v) is 7.46. The van der Waals surface area contributed by atoms with E-state index in [0.29, 0.717) is 11.6 Å². The largest absolute Gasteiger partial charge is 0.497 e. The van der Waals surface area contributed by atoms with Gasteiger partial charge in [0.2, 0.25) is 5.16 Å². The maximum Gasteiger partial charge on any atom is 0.253 e. The molecule has 4 rings (SSSR count). The topological polar surface area (TPSA) is 85.5 Å². The summed E-state index contributed by atoms with van der Waals surface area (Å²) < 4.78 is 6.80. The number of amides is 1. The van der Waals surface area contributed by atoms with E-state index in [2.05, 4.69) is 20.6 Å². The van der Waals surface area contributed by atoms with Gasteiger partial charge in [0.25, 0.3) is 5.91 Å². The Balaban J connectivity index is 1.58. The van der Waals surface area contributed by atoms with Gasteiger partial charge in [-0.3, -0.25) is 4.79 Å². The lowest BCUT2D eigenvalue weighted by Crippen LogP contribution is -2.28. The van der Waals surface area contributed by atoms with Gasteiger partial charge >= 0.3 is 0 Å². The van der Waals surface area contributed by atoms with E-state index >= 15 is 0 Å². The van der Waals surface area contributed by atoms with E-state index in [0.717, 1.165) is 22.6 Å². The van der Waals surface area contributed by atoms with Crippen molar-refractivity contribution in [2.45, 2.75) is 17.6 Å². The van der Waals surface area contributed by atoms with Crippen LogP contribution < -0.4 is 4.74 Å². The van der Waals surface area contributed by atoms with E-state index in [1.807, 2.05) is 54.6 Å². The van der Waals surface area contributed by atoms with E-state index in [-0.39, 0.29) is 17.7 Å². The molecule has 1 amide bonds. The summed E-state index contributed by atoms with van der Waals surface area (Å²) in [5.41, 5.74) is 2.93. The zero-order valence-electron chi connectivity index (χ0n) is 16.1. The Morgan fingerprint density at radius 2 is 1.93 bits per heavy atom. The molecule has 3 aromatic rings. The first kappa shape index (κ1) is 19.1. The smallest absolute Gasteiger partial charge is 0.253 e. The molecule has 1 atom stereocenters. The third-order valence-electron chi connectivity index (χ3n) is 4.68. The summed E-state index contributed by atoms with van der Waals surface area (Å²) >= 11 is 1.30. The van der Waals surface area contributed by atoms with Gasteiger partial charge in [0.15, 0.2) is 0 Å². The van der Waals surface area contributed by atoms with E-state index in [9.17, 15) is 4.79 Å².